The van der Waals surface area contributed by atoms with Gasteiger partial charge in [-0.1, -0.05) is 12.1 Å². The maximum atomic E-state index is 13.4. The first-order valence-corrected chi connectivity index (χ1v) is 7.79. The van der Waals surface area contributed by atoms with Gasteiger partial charge in [0.1, 0.15) is 6.04 Å². The highest BCUT2D eigenvalue weighted by molar-refractivity contribution is 6.01. The lowest BCUT2D eigenvalue weighted by molar-refractivity contribution is -0.140. The zero-order valence-electron chi connectivity index (χ0n) is 13.9. The van der Waals surface area contributed by atoms with Gasteiger partial charge in [-0.15, -0.1) is 0 Å². The van der Waals surface area contributed by atoms with Gasteiger partial charge >= 0.3 is 11.9 Å². The van der Waals surface area contributed by atoms with Gasteiger partial charge in [0.15, 0.2) is 11.6 Å². The molecule has 1 amide bonds. The van der Waals surface area contributed by atoms with Gasteiger partial charge in [-0.2, -0.15) is 0 Å². The molecule has 0 saturated heterocycles. The molecule has 0 saturated carbocycles. The van der Waals surface area contributed by atoms with E-state index in [4.69, 9.17) is 15.9 Å². The number of hydrogen-bond donors (Lipinski definition) is 4. The van der Waals surface area contributed by atoms with Crippen LogP contribution in [0.2, 0.25) is 0 Å². The molecule has 2 aromatic carbocycles. The van der Waals surface area contributed by atoms with Crippen LogP contribution in [0, 0.1) is 11.6 Å². The van der Waals surface area contributed by atoms with Crippen molar-refractivity contribution < 1.29 is 33.4 Å². The number of anilines is 1. The molecule has 0 heterocycles. The Morgan fingerprint density at radius 2 is 1.63 bits per heavy atom. The third-order valence-corrected chi connectivity index (χ3v) is 3.80. The Kier molecular flexibility index (Phi) is 6.07. The summed E-state index contributed by atoms with van der Waals surface area (Å²) in [5.74, 6) is -5.38. The Bertz CT molecular complexity index is 901. The molecule has 0 bridgehead atoms. The molecule has 0 unspecified atom stereocenters. The molecule has 142 valence electrons. The van der Waals surface area contributed by atoms with Crippen LogP contribution >= 0.6 is 0 Å². The molecule has 0 aromatic heterocycles. The van der Waals surface area contributed by atoms with Crippen molar-refractivity contribution in [3.8, 4) is 11.1 Å². The number of rotatable bonds is 7. The van der Waals surface area contributed by atoms with Gasteiger partial charge in [-0.25, -0.2) is 13.6 Å². The molecule has 1 atom stereocenters. The maximum Gasteiger partial charge on any atom is 0.326 e. The lowest BCUT2D eigenvalue weighted by Gasteiger charge is -2.15. The molecule has 0 aliphatic rings. The molecule has 2 aromatic rings. The number of nitrogens with two attached hydrogens (primary N) is 1. The number of nitrogens with one attached hydrogen (secondary N) is 1. The fourth-order valence-corrected chi connectivity index (χ4v) is 2.39. The van der Waals surface area contributed by atoms with Crippen LogP contribution in [-0.4, -0.2) is 34.1 Å². The SMILES string of the molecule is Nc1cc(-c2ccc(F)c(F)c2)ccc1C(=O)N[C@@H](CCC(=O)O)C(=O)O. The van der Waals surface area contributed by atoms with Crippen molar-refractivity contribution in [2.24, 2.45) is 0 Å². The number of carboxylic acid groups (broad SMARTS) is 2. The van der Waals surface area contributed by atoms with Gasteiger partial charge in [0.25, 0.3) is 5.91 Å². The Hall–Kier alpha value is -3.49. The van der Waals surface area contributed by atoms with Crippen LogP contribution in [0.4, 0.5) is 14.5 Å². The highest BCUT2D eigenvalue weighted by Crippen LogP contribution is 2.25. The van der Waals surface area contributed by atoms with E-state index in [1.165, 1.54) is 24.3 Å². The molecule has 0 fully saturated rings. The monoisotopic (exact) mass is 378 g/mol. The second-order valence-electron chi connectivity index (χ2n) is 5.73. The molecule has 27 heavy (non-hydrogen) atoms. The number of carbonyl (C=O) groups excluding carboxylic acids is 1. The Labute approximate surface area is 152 Å². The summed E-state index contributed by atoms with van der Waals surface area (Å²) in [5, 5.41) is 19.9. The van der Waals surface area contributed by atoms with Crippen molar-refractivity contribution >= 4 is 23.5 Å². The van der Waals surface area contributed by atoms with Gasteiger partial charge in [-0.05, 0) is 41.8 Å². The molecule has 2 rings (SSSR count). The van der Waals surface area contributed by atoms with Crippen LogP contribution < -0.4 is 11.1 Å². The quantitative estimate of drug-likeness (QED) is 0.547. The second kappa shape index (κ2) is 8.26. The van der Waals surface area contributed by atoms with Crippen molar-refractivity contribution in [2.45, 2.75) is 18.9 Å². The first-order chi connectivity index (χ1) is 12.7. The zero-order chi connectivity index (χ0) is 20.1. The first kappa shape index (κ1) is 19.8. The predicted octanol–water partition coefficient (Wildman–Crippen LogP) is 2.26. The summed E-state index contributed by atoms with van der Waals surface area (Å²) < 4.78 is 26.4. The van der Waals surface area contributed by atoms with Gasteiger partial charge in [-0.3, -0.25) is 9.59 Å². The smallest absolute Gasteiger partial charge is 0.326 e. The maximum absolute atomic E-state index is 13.4. The first-order valence-electron chi connectivity index (χ1n) is 7.79. The van der Waals surface area contributed by atoms with Crippen molar-refractivity contribution in [3.05, 3.63) is 53.6 Å². The van der Waals surface area contributed by atoms with E-state index in [9.17, 15) is 23.2 Å². The van der Waals surface area contributed by atoms with Gasteiger partial charge in [0, 0.05) is 12.1 Å². The third kappa shape index (κ3) is 5.00. The van der Waals surface area contributed by atoms with E-state index in [2.05, 4.69) is 5.32 Å². The number of aliphatic carboxylic acids is 2. The fraction of sp³-hybridized carbons (Fsp3) is 0.167. The van der Waals surface area contributed by atoms with Crippen LogP contribution in [0.5, 0.6) is 0 Å². The number of benzene rings is 2. The number of nitrogen functional groups attached to an aromatic ring is 1. The molecule has 0 spiro atoms. The lowest BCUT2D eigenvalue weighted by atomic mass is 10.0. The van der Waals surface area contributed by atoms with E-state index in [1.54, 1.807) is 0 Å². The zero-order valence-corrected chi connectivity index (χ0v) is 13.9. The molecule has 0 aliphatic carbocycles. The van der Waals surface area contributed by atoms with Crippen molar-refractivity contribution in [1.82, 2.24) is 5.32 Å². The molecule has 5 N–H and O–H groups in total. The minimum atomic E-state index is -1.39. The van der Waals surface area contributed by atoms with E-state index in [-0.39, 0.29) is 17.7 Å². The summed E-state index contributed by atoms with van der Waals surface area (Å²) >= 11 is 0. The molecular formula is C18H16F2N2O5. The summed E-state index contributed by atoms with van der Waals surface area (Å²) in [5.41, 5.74) is 6.58. The summed E-state index contributed by atoms with van der Waals surface area (Å²) in [6, 6.07) is 6.03. The molecule has 7 nitrogen and oxygen atoms in total. The van der Waals surface area contributed by atoms with E-state index in [0.29, 0.717) is 11.1 Å². The molecular weight excluding hydrogens is 362 g/mol. The van der Waals surface area contributed by atoms with E-state index in [0.717, 1.165) is 12.1 Å². The van der Waals surface area contributed by atoms with Crippen molar-refractivity contribution in [3.63, 3.8) is 0 Å². The predicted molar refractivity (Wildman–Crippen MR) is 92.0 cm³/mol. The summed E-state index contributed by atoms with van der Waals surface area (Å²) in [7, 11) is 0. The number of hydrogen-bond acceptors (Lipinski definition) is 4. The lowest BCUT2D eigenvalue weighted by Crippen LogP contribution is -2.41. The molecule has 0 aliphatic heterocycles. The van der Waals surface area contributed by atoms with Crippen molar-refractivity contribution in [2.75, 3.05) is 5.73 Å². The van der Waals surface area contributed by atoms with Crippen LogP contribution in [0.25, 0.3) is 11.1 Å². The third-order valence-electron chi connectivity index (χ3n) is 3.80. The number of carbonyl (C=O) groups is 3. The fourth-order valence-electron chi connectivity index (χ4n) is 2.39. The van der Waals surface area contributed by atoms with Gasteiger partial charge < -0.3 is 21.3 Å². The minimum Gasteiger partial charge on any atom is -0.481 e. The second-order valence-corrected chi connectivity index (χ2v) is 5.73. The topological polar surface area (TPSA) is 130 Å². The standard InChI is InChI=1S/C18H16F2N2O5/c19-12-4-2-9(7-13(12)20)10-1-3-11(14(21)8-10)17(25)22-15(18(26)27)5-6-16(23)24/h1-4,7-8,15H,5-6,21H2,(H,22,25)(H,23,24)(H,26,27)/t15-/m0/s1. The van der Waals surface area contributed by atoms with E-state index < -0.39 is 41.9 Å². The highest BCUT2D eigenvalue weighted by atomic mass is 19.2. The van der Waals surface area contributed by atoms with E-state index >= 15 is 0 Å². The van der Waals surface area contributed by atoms with Crippen molar-refractivity contribution in [1.29, 1.82) is 0 Å². The Morgan fingerprint density at radius 3 is 2.19 bits per heavy atom. The summed E-state index contributed by atoms with van der Waals surface area (Å²) in [6.07, 6.45) is -0.717. The summed E-state index contributed by atoms with van der Waals surface area (Å²) in [6.45, 7) is 0. The minimum absolute atomic E-state index is 0.00268. The largest absolute Gasteiger partial charge is 0.481 e. The Morgan fingerprint density at radius 1 is 1.00 bits per heavy atom. The van der Waals surface area contributed by atoms with Crippen LogP contribution in [-0.2, 0) is 9.59 Å². The number of amides is 1. The average Bonchev–Trinajstić information content (AvgIpc) is 2.60. The number of carboxylic acids is 2. The Balaban J connectivity index is 2.20. The molecule has 0 radical (unpaired) electrons. The van der Waals surface area contributed by atoms with E-state index in [1.807, 2.05) is 0 Å². The highest BCUT2D eigenvalue weighted by Gasteiger charge is 2.22. The van der Waals surface area contributed by atoms with Crippen LogP contribution in [0.15, 0.2) is 36.4 Å². The van der Waals surface area contributed by atoms with Crippen LogP contribution in [0.1, 0.15) is 23.2 Å². The van der Waals surface area contributed by atoms with Gasteiger partial charge in [0.2, 0.25) is 0 Å². The normalized spacial score (nSPS) is 11.6. The molecule has 9 heteroatoms. The summed E-state index contributed by atoms with van der Waals surface area (Å²) in [4.78, 5) is 34.0. The van der Waals surface area contributed by atoms with Crippen LogP contribution in [0.3, 0.4) is 0 Å². The average molecular weight is 378 g/mol. The number of halogens is 2. The van der Waals surface area contributed by atoms with Gasteiger partial charge in [0.05, 0.1) is 5.56 Å².